The number of hydrogen-bond donors (Lipinski definition) is 1. The largest absolute Gasteiger partial charge is 0.487 e. The molecule has 2 aromatic carbocycles. The van der Waals surface area contributed by atoms with Gasteiger partial charge in [0.15, 0.2) is 0 Å². The predicted octanol–water partition coefficient (Wildman–Crippen LogP) is 3.78. The maximum Gasteiger partial charge on any atom is 0.487 e. The minimum atomic E-state index is -3.83. The molecule has 30 heavy (non-hydrogen) atoms. The molecule has 0 aromatic heterocycles. The lowest BCUT2D eigenvalue weighted by molar-refractivity contribution is -0.121. The number of alkyl halides is 3. The molecule has 0 spiro atoms. The van der Waals surface area contributed by atoms with Crippen LogP contribution in [0.4, 0.5) is 20.2 Å². The Morgan fingerprint density at radius 3 is 2.37 bits per heavy atom. The molecule has 0 radical (unpaired) electrons. The smallest absolute Gasteiger partial charge is 0.462 e. The third-order valence-corrected chi connectivity index (χ3v) is 4.29. The maximum atomic E-state index is 12.7. The highest BCUT2D eigenvalue weighted by molar-refractivity contribution is 6.23. The quantitative estimate of drug-likeness (QED) is 0.402. The summed E-state index contributed by atoms with van der Waals surface area (Å²) in [5.41, 5.74) is -2.76. The van der Waals surface area contributed by atoms with E-state index in [-0.39, 0.29) is 18.8 Å². The Morgan fingerprint density at radius 1 is 1.17 bits per heavy atom. The molecule has 7 nitrogen and oxygen atoms in total. The molecule has 0 saturated carbocycles. The van der Waals surface area contributed by atoms with E-state index in [1.807, 2.05) is 0 Å². The number of anilines is 2. The van der Waals surface area contributed by atoms with Crippen LogP contribution in [0.1, 0.15) is 23.7 Å². The Balaban J connectivity index is 1.68. The van der Waals surface area contributed by atoms with Crippen molar-refractivity contribution in [2.24, 2.45) is 0 Å². The van der Waals surface area contributed by atoms with Crippen LogP contribution in [-0.2, 0) is 14.3 Å². The second kappa shape index (κ2) is 8.66. The molecule has 1 aliphatic rings. The first kappa shape index (κ1) is 21.5. The van der Waals surface area contributed by atoms with Crippen LogP contribution in [0.15, 0.2) is 48.5 Å². The van der Waals surface area contributed by atoms with Gasteiger partial charge in [0.25, 0.3) is 5.91 Å². The number of hydrogen-bond acceptors (Lipinski definition) is 6. The molecule has 0 aliphatic carbocycles. The molecule has 1 fully saturated rings. The van der Waals surface area contributed by atoms with E-state index in [1.54, 1.807) is 6.92 Å². The number of halogens is 3. The first-order valence-corrected chi connectivity index (χ1v) is 9.32. The molecule has 2 aromatic rings. The highest BCUT2D eigenvalue weighted by Gasteiger charge is 2.39. The summed E-state index contributed by atoms with van der Waals surface area (Å²) < 4.78 is 34.4. The van der Waals surface area contributed by atoms with Crippen LogP contribution in [-0.4, -0.2) is 36.0 Å². The van der Waals surface area contributed by atoms with Crippen LogP contribution < -0.4 is 15.0 Å². The molecule has 3 rings (SSSR count). The summed E-state index contributed by atoms with van der Waals surface area (Å²) in [7, 11) is 0. The van der Waals surface area contributed by atoms with Crippen molar-refractivity contribution in [3.8, 4) is 5.75 Å². The Bertz CT molecular complexity index is 945. The van der Waals surface area contributed by atoms with Crippen LogP contribution in [0.2, 0.25) is 0 Å². The Morgan fingerprint density at radius 2 is 1.80 bits per heavy atom. The summed E-state index contributed by atoms with van der Waals surface area (Å²) >= 11 is 4.71. The van der Waals surface area contributed by atoms with Gasteiger partial charge in [0, 0.05) is 17.3 Å². The van der Waals surface area contributed by atoms with Crippen molar-refractivity contribution < 1.29 is 32.6 Å². The summed E-state index contributed by atoms with van der Waals surface area (Å²) in [5, 5.41) is 2.89. The van der Waals surface area contributed by atoms with Crippen molar-refractivity contribution >= 4 is 40.8 Å². The molecular formula is C20H17ClF2N2O5. The molecule has 0 unspecified atom stereocenters. The monoisotopic (exact) mass is 438 g/mol. The van der Waals surface area contributed by atoms with Crippen molar-refractivity contribution in [2.45, 2.75) is 25.0 Å². The van der Waals surface area contributed by atoms with Gasteiger partial charge in [-0.15, -0.1) is 8.78 Å². The van der Waals surface area contributed by atoms with Crippen LogP contribution in [0.3, 0.4) is 0 Å². The molecule has 1 aliphatic heterocycles. The topological polar surface area (TPSA) is 84.9 Å². The lowest BCUT2D eigenvalue weighted by Gasteiger charge is -2.17. The SMILES string of the molecule is CCOC(=O)c1ccc(N2C(=O)C[C@H](Nc3ccc(OC(F)(F)Cl)cc3)C2=O)cc1. The van der Waals surface area contributed by atoms with Crippen molar-refractivity contribution in [3.05, 3.63) is 54.1 Å². The van der Waals surface area contributed by atoms with Gasteiger partial charge < -0.3 is 14.8 Å². The molecule has 1 heterocycles. The number of nitrogens with zero attached hydrogens (tertiary/aromatic N) is 1. The maximum absolute atomic E-state index is 12.7. The van der Waals surface area contributed by atoms with Gasteiger partial charge in [-0.05, 0) is 55.5 Å². The summed E-state index contributed by atoms with van der Waals surface area (Å²) in [6, 6.07) is 10.4. The third-order valence-electron chi connectivity index (χ3n) is 4.21. The molecule has 158 valence electrons. The van der Waals surface area contributed by atoms with Crippen molar-refractivity contribution in [1.82, 2.24) is 0 Å². The molecule has 1 N–H and O–H groups in total. The van der Waals surface area contributed by atoms with Gasteiger partial charge in [0.1, 0.15) is 11.8 Å². The zero-order valence-electron chi connectivity index (χ0n) is 15.7. The van der Waals surface area contributed by atoms with Gasteiger partial charge in [0.2, 0.25) is 5.91 Å². The van der Waals surface area contributed by atoms with Crippen LogP contribution >= 0.6 is 11.6 Å². The average Bonchev–Trinajstić information content (AvgIpc) is 2.96. The normalized spacial score (nSPS) is 16.5. The van der Waals surface area contributed by atoms with Crippen molar-refractivity contribution in [1.29, 1.82) is 0 Å². The Kier molecular flexibility index (Phi) is 6.21. The highest BCUT2D eigenvalue weighted by atomic mass is 35.5. The molecule has 0 bridgehead atoms. The number of ether oxygens (including phenoxy) is 2. The van der Waals surface area contributed by atoms with Gasteiger partial charge in [-0.1, -0.05) is 0 Å². The molecular weight excluding hydrogens is 422 g/mol. The average molecular weight is 439 g/mol. The van der Waals surface area contributed by atoms with Gasteiger partial charge in [-0.2, -0.15) is 0 Å². The standard InChI is InChI=1S/C20H17ClF2N2O5/c1-2-29-19(28)12-3-7-14(8-4-12)25-17(26)11-16(18(25)27)24-13-5-9-15(10-6-13)30-20(21,22)23/h3-10,16,24H,2,11H2,1H3/t16-/m0/s1. The number of rotatable bonds is 7. The van der Waals surface area contributed by atoms with E-state index in [9.17, 15) is 23.2 Å². The Hall–Kier alpha value is -3.20. The number of imide groups is 1. The van der Waals surface area contributed by atoms with Gasteiger partial charge in [-0.3, -0.25) is 9.59 Å². The van der Waals surface area contributed by atoms with E-state index < -0.39 is 29.4 Å². The zero-order chi connectivity index (χ0) is 21.9. The predicted molar refractivity (Wildman–Crippen MR) is 105 cm³/mol. The number of carbonyl (C=O) groups is 3. The van der Waals surface area contributed by atoms with Crippen LogP contribution in [0.5, 0.6) is 5.75 Å². The lowest BCUT2D eigenvalue weighted by atomic mass is 10.2. The van der Waals surface area contributed by atoms with E-state index in [0.717, 1.165) is 4.90 Å². The fourth-order valence-corrected chi connectivity index (χ4v) is 3.02. The molecule has 10 heteroatoms. The van der Waals surface area contributed by atoms with E-state index in [0.29, 0.717) is 16.9 Å². The fraction of sp³-hybridized carbons (Fsp3) is 0.250. The summed E-state index contributed by atoms with van der Waals surface area (Å²) in [6.07, 6.45) is -0.0868. The summed E-state index contributed by atoms with van der Waals surface area (Å²) in [6.45, 7) is 1.92. The van der Waals surface area contributed by atoms with Crippen LogP contribution in [0.25, 0.3) is 0 Å². The van der Waals surface area contributed by atoms with E-state index in [4.69, 9.17) is 16.3 Å². The number of carbonyl (C=O) groups excluding carboxylic acids is 3. The van der Waals surface area contributed by atoms with E-state index in [2.05, 4.69) is 10.1 Å². The van der Waals surface area contributed by atoms with Gasteiger partial charge >= 0.3 is 11.5 Å². The second-order valence-electron chi connectivity index (χ2n) is 6.31. The Labute approximate surface area is 175 Å². The molecule has 2 amide bonds. The third kappa shape index (κ3) is 5.04. The van der Waals surface area contributed by atoms with Crippen LogP contribution in [0, 0.1) is 0 Å². The number of benzene rings is 2. The number of nitrogens with one attached hydrogen (secondary N) is 1. The molecule has 1 atom stereocenters. The fourth-order valence-electron chi connectivity index (χ4n) is 2.93. The lowest BCUT2D eigenvalue weighted by Crippen LogP contribution is -2.34. The van der Waals surface area contributed by atoms with E-state index in [1.165, 1.54) is 48.5 Å². The summed E-state index contributed by atoms with van der Waals surface area (Å²) in [5.74, 6) is -1.54. The minimum Gasteiger partial charge on any atom is -0.462 e. The minimum absolute atomic E-state index is 0.0868. The number of esters is 1. The van der Waals surface area contributed by atoms with E-state index >= 15 is 0 Å². The van der Waals surface area contributed by atoms with Crippen molar-refractivity contribution in [3.63, 3.8) is 0 Å². The first-order valence-electron chi connectivity index (χ1n) is 8.94. The van der Waals surface area contributed by atoms with Gasteiger partial charge in [0.05, 0.1) is 24.3 Å². The zero-order valence-corrected chi connectivity index (χ0v) is 16.5. The first-order chi connectivity index (χ1) is 14.2. The second-order valence-corrected chi connectivity index (χ2v) is 6.75. The number of amides is 2. The highest BCUT2D eigenvalue weighted by Crippen LogP contribution is 2.28. The van der Waals surface area contributed by atoms with Crippen molar-refractivity contribution in [2.75, 3.05) is 16.8 Å². The summed E-state index contributed by atoms with van der Waals surface area (Å²) in [4.78, 5) is 37.8. The van der Waals surface area contributed by atoms with Gasteiger partial charge in [-0.25, -0.2) is 9.69 Å². The molecule has 1 saturated heterocycles.